The van der Waals surface area contributed by atoms with Crippen molar-refractivity contribution in [1.29, 1.82) is 0 Å². The fourth-order valence-corrected chi connectivity index (χ4v) is 2.95. The molecule has 1 atom stereocenters. The van der Waals surface area contributed by atoms with Crippen molar-refractivity contribution in [2.24, 2.45) is 5.92 Å². The molecular weight excluding hydrogens is 335 g/mol. The summed E-state index contributed by atoms with van der Waals surface area (Å²) >= 11 is 0. The molecule has 1 N–H and O–H groups in total. The molecule has 3 rings (SSSR count). The minimum absolute atomic E-state index is 0.0170. The molecule has 0 bridgehead atoms. The molecule has 0 spiro atoms. The molecular formula is C20H21FN2O3. The Morgan fingerprint density at radius 1 is 1.15 bits per heavy atom. The number of rotatable bonds is 7. The van der Waals surface area contributed by atoms with Crippen molar-refractivity contribution >= 4 is 11.8 Å². The summed E-state index contributed by atoms with van der Waals surface area (Å²) in [7, 11) is 0. The molecule has 1 aliphatic rings. The van der Waals surface area contributed by atoms with Crippen LogP contribution in [0.2, 0.25) is 0 Å². The van der Waals surface area contributed by atoms with E-state index >= 15 is 0 Å². The number of carbonyl (C=O) groups excluding carboxylic acids is 2. The van der Waals surface area contributed by atoms with Crippen molar-refractivity contribution in [3.05, 3.63) is 66.0 Å². The van der Waals surface area contributed by atoms with Gasteiger partial charge >= 0.3 is 0 Å². The monoisotopic (exact) mass is 356 g/mol. The largest absolute Gasteiger partial charge is 0.489 e. The molecule has 5 nitrogen and oxygen atoms in total. The van der Waals surface area contributed by atoms with Crippen molar-refractivity contribution in [1.82, 2.24) is 10.2 Å². The molecule has 0 saturated carbocycles. The Kier molecular flexibility index (Phi) is 5.84. The number of nitrogens with one attached hydrogen (secondary N) is 1. The second-order valence-corrected chi connectivity index (χ2v) is 6.23. The Morgan fingerprint density at radius 2 is 1.88 bits per heavy atom. The van der Waals surface area contributed by atoms with Crippen molar-refractivity contribution in [3.63, 3.8) is 0 Å². The van der Waals surface area contributed by atoms with Gasteiger partial charge in [0.25, 0.3) is 0 Å². The Morgan fingerprint density at radius 3 is 2.65 bits per heavy atom. The van der Waals surface area contributed by atoms with Crippen LogP contribution in [0.25, 0.3) is 0 Å². The van der Waals surface area contributed by atoms with Gasteiger partial charge in [0.1, 0.15) is 6.61 Å². The van der Waals surface area contributed by atoms with Crippen LogP contribution in [0.1, 0.15) is 12.0 Å². The number of carbonyl (C=O) groups is 2. The smallest absolute Gasteiger partial charge is 0.225 e. The van der Waals surface area contributed by atoms with Crippen LogP contribution in [0.5, 0.6) is 5.75 Å². The fraction of sp³-hybridized carbons (Fsp3) is 0.300. The average molecular weight is 356 g/mol. The molecule has 6 heteroatoms. The summed E-state index contributed by atoms with van der Waals surface area (Å²) in [6, 6.07) is 15.8. The van der Waals surface area contributed by atoms with Crippen molar-refractivity contribution in [2.45, 2.75) is 13.0 Å². The van der Waals surface area contributed by atoms with Crippen LogP contribution >= 0.6 is 0 Å². The topological polar surface area (TPSA) is 58.6 Å². The lowest BCUT2D eigenvalue weighted by Crippen LogP contribution is -2.35. The van der Waals surface area contributed by atoms with E-state index in [4.69, 9.17) is 4.74 Å². The van der Waals surface area contributed by atoms with E-state index < -0.39 is 5.82 Å². The summed E-state index contributed by atoms with van der Waals surface area (Å²) in [4.78, 5) is 26.1. The number of ether oxygens (including phenoxy) is 1. The predicted octanol–water partition coefficient (Wildman–Crippen LogP) is 2.37. The third-order valence-corrected chi connectivity index (χ3v) is 4.30. The van der Waals surface area contributed by atoms with Crippen LogP contribution in [-0.2, 0) is 16.1 Å². The maximum atomic E-state index is 13.4. The lowest BCUT2D eigenvalue weighted by atomic mass is 10.1. The fourth-order valence-electron chi connectivity index (χ4n) is 2.95. The zero-order valence-corrected chi connectivity index (χ0v) is 14.4. The molecule has 2 aromatic rings. The van der Waals surface area contributed by atoms with E-state index in [0.717, 1.165) is 5.56 Å². The van der Waals surface area contributed by atoms with Gasteiger partial charge in [0.2, 0.25) is 11.8 Å². The van der Waals surface area contributed by atoms with Gasteiger partial charge in [-0.3, -0.25) is 9.59 Å². The van der Waals surface area contributed by atoms with Crippen LogP contribution in [0.4, 0.5) is 4.39 Å². The summed E-state index contributed by atoms with van der Waals surface area (Å²) in [6.45, 7) is 1.35. The number of benzene rings is 2. The molecule has 26 heavy (non-hydrogen) atoms. The molecule has 0 aromatic heterocycles. The highest BCUT2D eigenvalue weighted by Gasteiger charge is 2.33. The number of amides is 2. The molecule has 2 aromatic carbocycles. The summed E-state index contributed by atoms with van der Waals surface area (Å²) in [5, 5.41) is 2.75. The number of likely N-dealkylation sites (tertiary alicyclic amines) is 1. The molecule has 0 aliphatic carbocycles. The molecule has 1 saturated heterocycles. The summed E-state index contributed by atoms with van der Waals surface area (Å²) in [5.41, 5.74) is 1.04. The second kappa shape index (κ2) is 8.47. The lowest BCUT2D eigenvalue weighted by molar-refractivity contribution is -0.129. The van der Waals surface area contributed by atoms with E-state index in [1.165, 1.54) is 12.1 Å². The van der Waals surface area contributed by atoms with Gasteiger partial charge in [0.15, 0.2) is 11.6 Å². The van der Waals surface area contributed by atoms with Crippen molar-refractivity contribution in [3.8, 4) is 5.75 Å². The standard InChI is InChI=1S/C20H21FN2O3/c21-17-8-4-5-9-18(17)26-11-10-22-20(25)16-12-19(24)23(14-16)13-15-6-2-1-3-7-15/h1-9,16H,10-14H2,(H,22,25)/t16-/m0/s1. The highest BCUT2D eigenvalue weighted by atomic mass is 19.1. The third-order valence-electron chi connectivity index (χ3n) is 4.30. The van der Waals surface area contributed by atoms with Gasteiger partial charge in [0, 0.05) is 19.5 Å². The molecule has 136 valence electrons. The Bertz CT molecular complexity index is 767. The van der Waals surface area contributed by atoms with Crippen LogP contribution in [0.15, 0.2) is 54.6 Å². The van der Waals surface area contributed by atoms with Crippen LogP contribution in [-0.4, -0.2) is 36.4 Å². The number of hydrogen-bond donors (Lipinski definition) is 1. The minimum Gasteiger partial charge on any atom is -0.489 e. The van der Waals surface area contributed by atoms with Gasteiger partial charge in [0.05, 0.1) is 12.5 Å². The van der Waals surface area contributed by atoms with Crippen LogP contribution in [0, 0.1) is 11.7 Å². The van der Waals surface area contributed by atoms with Crippen molar-refractivity contribution < 1.29 is 18.7 Å². The van der Waals surface area contributed by atoms with Gasteiger partial charge in [-0.2, -0.15) is 0 Å². The van der Waals surface area contributed by atoms with Gasteiger partial charge < -0.3 is 15.0 Å². The Labute approximate surface area is 151 Å². The van der Waals surface area contributed by atoms with E-state index in [1.807, 2.05) is 30.3 Å². The van der Waals surface area contributed by atoms with Crippen LogP contribution in [0.3, 0.4) is 0 Å². The first-order valence-corrected chi connectivity index (χ1v) is 8.60. The number of nitrogens with zero attached hydrogens (tertiary/aromatic N) is 1. The first-order chi connectivity index (χ1) is 12.6. The molecule has 1 heterocycles. The van der Waals surface area contributed by atoms with Crippen LogP contribution < -0.4 is 10.1 Å². The van der Waals surface area contributed by atoms with E-state index in [0.29, 0.717) is 13.1 Å². The number of hydrogen-bond acceptors (Lipinski definition) is 3. The summed E-state index contributed by atoms with van der Waals surface area (Å²) < 4.78 is 18.7. The normalized spacial score (nSPS) is 16.6. The summed E-state index contributed by atoms with van der Waals surface area (Å²) in [6.07, 6.45) is 0.215. The lowest BCUT2D eigenvalue weighted by Gasteiger charge is -2.16. The SMILES string of the molecule is O=C(NCCOc1ccccc1F)[C@H]1CC(=O)N(Cc2ccccc2)C1. The molecule has 1 aliphatic heterocycles. The first-order valence-electron chi connectivity index (χ1n) is 8.60. The number of halogens is 1. The zero-order chi connectivity index (χ0) is 18.4. The second-order valence-electron chi connectivity index (χ2n) is 6.23. The number of para-hydroxylation sites is 1. The molecule has 0 unspecified atom stereocenters. The average Bonchev–Trinajstić information content (AvgIpc) is 3.01. The Hall–Kier alpha value is -2.89. The maximum absolute atomic E-state index is 13.4. The summed E-state index contributed by atoms with van der Waals surface area (Å²) in [5.74, 6) is -0.828. The maximum Gasteiger partial charge on any atom is 0.225 e. The quantitative estimate of drug-likeness (QED) is 0.775. The minimum atomic E-state index is -0.434. The van der Waals surface area contributed by atoms with Crippen molar-refractivity contribution in [2.75, 3.05) is 19.7 Å². The Balaban J connectivity index is 1.42. The van der Waals surface area contributed by atoms with Gasteiger partial charge in [-0.15, -0.1) is 0 Å². The highest BCUT2D eigenvalue weighted by Crippen LogP contribution is 2.20. The first kappa shape index (κ1) is 17.9. The van der Waals surface area contributed by atoms with E-state index in [1.54, 1.807) is 17.0 Å². The third kappa shape index (κ3) is 4.59. The van der Waals surface area contributed by atoms with E-state index in [2.05, 4.69) is 5.32 Å². The molecule has 2 amide bonds. The highest BCUT2D eigenvalue weighted by molar-refractivity contribution is 5.89. The predicted molar refractivity (Wildman–Crippen MR) is 94.9 cm³/mol. The van der Waals surface area contributed by atoms with Gasteiger partial charge in [-0.05, 0) is 17.7 Å². The van der Waals surface area contributed by atoms with Gasteiger partial charge in [-0.1, -0.05) is 42.5 Å². The van der Waals surface area contributed by atoms with E-state index in [-0.39, 0.29) is 43.1 Å². The van der Waals surface area contributed by atoms with Gasteiger partial charge in [-0.25, -0.2) is 4.39 Å². The zero-order valence-electron chi connectivity index (χ0n) is 14.4. The molecule has 0 radical (unpaired) electrons. The van der Waals surface area contributed by atoms with E-state index in [9.17, 15) is 14.0 Å². The molecule has 1 fully saturated rings.